The van der Waals surface area contributed by atoms with E-state index in [2.05, 4.69) is 26.9 Å². The molecule has 0 amide bonds. The van der Waals surface area contributed by atoms with E-state index in [0.29, 0.717) is 0 Å². The van der Waals surface area contributed by atoms with Gasteiger partial charge in [0.1, 0.15) is 6.54 Å². The number of nitrogens with zero attached hydrogens (tertiary/aromatic N) is 1. The zero-order chi connectivity index (χ0) is 12.3. The SMILES string of the molecule is C#CC[N+](C)(C)CCCCCCCCCC.[Br-]. The molecule has 0 atom stereocenters. The number of hydrogen-bond acceptors (Lipinski definition) is 0. The Kier molecular flexibility index (Phi) is 14.2. The summed E-state index contributed by atoms with van der Waals surface area (Å²) in [4.78, 5) is 0. The van der Waals surface area contributed by atoms with Crippen LogP contribution in [0.4, 0.5) is 0 Å². The first-order valence-electron chi connectivity index (χ1n) is 6.88. The van der Waals surface area contributed by atoms with Gasteiger partial charge >= 0.3 is 0 Å². The Morgan fingerprint density at radius 1 is 0.882 bits per heavy atom. The Labute approximate surface area is 119 Å². The Morgan fingerprint density at radius 2 is 1.35 bits per heavy atom. The molecule has 0 saturated heterocycles. The molecule has 0 aliphatic carbocycles. The summed E-state index contributed by atoms with van der Waals surface area (Å²) >= 11 is 0. The fraction of sp³-hybridized carbons (Fsp3) is 0.867. The zero-order valence-corrected chi connectivity index (χ0v) is 13.6. The van der Waals surface area contributed by atoms with Gasteiger partial charge in [-0.2, -0.15) is 0 Å². The van der Waals surface area contributed by atoms with Gasteiger partial charge < -0.3 is 21.5 Å². The van der Waals surface area contributed by atoms with Gasteiger partial charge in [0.05, 0.1) is 20.6 Å². The van der Waals surface area contributed by atoms with Crippen LogP contribution >= 0.6 is 0 Å². The fourth-order valence-electron chi connectivity index (χ4n) is 2.00. The Balaban J connectivity index is 0. The van der Waals surface area contributed by atoms with Crippen LogP contribution in [0.15, 0.2) is 0 Å². The van der Waals surface area contributed by atoms with Crippen molar-refractivity contribution in [1.82, 2.24) is 0 Å². The molecular formula is C15H30BrN. The fourth-order valence-corrected chi connectivity index (χ4v) is 2.00. The first-order valence-corrected chi connectivity index (χ1v) is 6.88. The molecule has 0 rings (SSSR count). The van der Waals surface area contributed by atoms with Crippen LogP contribution in [0.5, 0.6) is 0 Å². The van der Waals surface area contributed by atoms with E-state index in [0.717, 1.165) is 11.0 Å². The van der Waals surface area contributed by atoms with Crippen LogP contribution in [0.2, 0.25) is 0 Å². The summed E-state index contributed by atoms with van der Waals surface area (Å²) in [6, 6.07) is 0. The van der Waals surface area contributed by atoms with Gasteiger partial charge in [-0.1, -0.05) is 45.4 Å². The molecule has 0 aliphatic heterocycles. The second-order valence-electron chi connectivity index (χ2n) is 5.50. The third kappa shape index (κ3) is 13.9. The van der Waals surface area contributed by atoms with Crippen LogP contribution in [0, 0.1) is 12.3 Å². The van der Waals surface area contributed by atoms with Crippen LogP contribution in [0.3, 0.4) is 0 Å². The highest BCUT2D eigenvalue weighted by Crippen LogP contribution is 2.09. The summed E-state index contributed by atoms with van der Waals surface area (Å²) in [5.41, 5.74) is 0. The summed E-state index contributed by atoms with van der Waals surface area (Å²) in [5.74, 6) is 2.76. The van der Waals surface area contributed by atoms with Crippen LogP contribution in [0.25, 0.3) is 0 Å². The van der Waals surface area contributed by atoms with E-state index in [4.69, 9.17) is 6.42 Å². The molecule has 102 valence electrons. The average molecular weight is 304 g/mol. The molecule has 2 heteroatoms. The highest BCUT2D eigenvalue weighted by Gasteiger charge is 2.11. The molecule has 0 saturated carbocycles. The summed E-state index contributed by atoms with van der Waals surface area (Å²) in [5, 5.41) is 0. The molecule has 0 aromatic carbocycles. The summed E-state index contributed by atoms with van der Waals surface area (Å²) < 4.78 is 0.979. The van der Waals surface area contributed by atoms with E-state index < -0.39 is 0 Å². The van der Waals surface area contributed by atoms with Gasteiger partial charge in [0.15, 0.2) is 0 Å². The number of rotatable bonds is 10. The largest absolute Gasteiger partial charge is 1.00 e. The standard InChI is InChI=1S/C15H30N.BrH/c1-5-7-8-9-10-11-12-13-15-16(3,4)14-6-2;/h2H,5,7-15H2,1,3-4H3;1H/q+1;/p-1. The third-order valence-corrected chi connectivity index (χ3v) is 3.14. The van der Waals surface area contributed by atoms with E-state index >= 15 is 0 Å². The van der Waals surface area contributed by atoms with Gasteiger partial charge in [-0.15, -0.1) is 6.42 Å². The molecule has 0 unspecified atom stereocenters. The summed E-state index contributed by atoms with van der Waals surface area (Å²) in [6.07, 6.45) is 16.5. The third-order valence-electron chi connectivity index (χ3n) is 3.14. The predicted octanol–water partition coefficient (Wildman–Crippen LogP) is 0.841. The topological polar surface area (TPSA) is 0 Å². The molecule has 0 fully saturated rings. The minimum atomic E-state index is 0. The van der Waals surface area contributed by atoms with Crippen LogP contribution in [-0.4, -0.2) is 31.7 Å². The Morgan fingerprint density at radius 3 is 1.82 bits per heavy atom. The van der Waals surface area contributed by atoms with Gasteiger partial charge in [0.2, 0.25) is 0 Å². The van der Waals surface area contributed by atoms with Crippen molar-refractivity contribution in [2.75, 3.05) is 27.2 Å². The average Bonchev–Trinajstić information content (AvgIpc) is 2.22. The van der Waals surface area contributed by atoms with Crippen LogP contribution in [-0.2, 0) is 0 Å². The molecule has 0 aromatic heterocycles. The van der Waals surface area contributed by atoms with E-state index in [1.54, 1.807) is 0 Å². The molecular weight excluding hydrogens is 274 g/mol. The molecule has 0 aromatic rings. The molecule has 17 heavy (non-hydrogen) atoms. The maximum Gasteiger partial charge on any atom is 0.140 e. The monoisotopic (exact) mass is 303 g/mol. The molecule has 0 heterocycles. The number of quaternary nitrogens is 1. The van der Waals surface area contributed by atoms with Crippen molar-refractivity contribution in [3.05, 3.63) is 0 Å². The second kappa shape index (κ2) is 12.5. The normalized spacial score (nSPS) is 10.7. The minimum Gasteiger partial charge on any atom is -1.00 e. The van der Waals surface area contributed by atoms with Crippen molar-refractivity contribution in [2.45, 2.75) is 58.3 Å². The van der Waals surface area contributed by atoms with E-state index in [-0.39, 0.29) is 17.0 Å². The van der Waals surface area contributed by atoms with Crippen molar-refractivity contribution < 1.29 is 21.5 Å². The molecule has 0 bridgehead atoms. The molecule has 1 nitrogen and oxygen atoms in total. The summed E-state index contributed by atoms with van der Waals surface area (Å²) in [6.45, 7) is 4.35. The van der Waals surface area contributed by atoms with Crippen molar-refractivity contribution >= 4 is 0 Å². The maximum absolute atomic E-state index is 5.35. The Hall–Kier alpha value is 0. The quantitative estimate of drug-likeness (QED) is 0.319. The highest BCUT2D eigenvalue weighted by molar-refractivity contribution is 4.83. The van der Waals surface area contributed by atoms with Gasteiger partial charge in [0.25, 0.3) is 0 Å². The predicted molar refractivity (Wildman–Crippen MR) is 73.3 cm³/mol. The molecule has 0 aliphatic rings. The van der Waals surface area contributed by atoms with Gasteiger partial charge in [-0.3, -0.25) is 0 Å². The van der Waals surface area contributed by atoms with Crippen molar-refractivity contribution in [3.8, 4) is 12.3 Å². The first-order chi connectivity index (χ1) is 7.62. The van der Waals surface area contributed by atoms with Crippen molar-refractivity contribution in [1.29, 1.82) is 0 Å². The zero-order valence-electron chi connectivity index (χ0n) is 12.0. The number of halogens is 1. The number of hydrogen-bond donors (Lipinski definition) is 0. The van der Waals surface area contributed by atoms with Gasteiger partial charge in [0, 0.05) is 0 Å². The van der Waals surface area contributed by atoms with Gasteiger partial charge in [-0.25, -0.2) is 0 Å². The van der Waals surface area contributed by atoms with Crippen molar-refractivity contribution in [2.24, 2.45) is 0 Å². The highest BCUT2D eigenvalue weighted by atomic mass is 79.9. The minimum absolute atomic E-state index is 0. The second-order valence-corrected chi connectivity index (χ2v) is 5.50. The van der Waals surface area contributed by atoms with Crippen LogP contribution in [0.1, 0.15) is 58.3 Å². The maximum atomic E-state index is 5.35. The first kappa shape index (κ1) is 19.3. The lowest BCUT2D eigenvalue weighted by Gasteiger charge is -2.27. The van der Waals surface area contributed by atoms with E-state index in [9.17, 15) is 0 Å². The molecule has 0 radical (unpaired) electrons. The smallest absolute Gasteiger partial charge is 0.140 e. The molecule has 0 spiro atoms. The van der Waals surface area contributed by atoms with E-state index in [1.807, 2.05) is 0 Å². The molecule has 0 N–H and O–H groups in total. The van der Waals surface area contributed by atoms with E-state index in [1.165, 1.54) is 57.9 Å². The Bertz CT molecular complexity index is 194. The summed E-state index contributed by atoms with van der Waals surface area (Å²) in [7, 11) is 4.45. The lowest BCUT2D eigenvalue weighted by Crippen LogP contribution is -3.00. The number of unbranched alkanes of at least 4 members (excludes halogenated alkanes) is 7. The number of terminal acetylenes is 1. The lowest BCUT2D eigenvalue weighted by molar-refractivity contribution is -0.883. The van der Waals surface area contributed by atoms with Gasteiger partial charge in [-0.05, 0) is 18.8 Å². The van der Waals surface area contributed by atoms with Crippen LogP contribution < -0.4 is 17.0 Å². The van der Waals surface area contributed by atoms with Crippen molar-refractivity contribution in [3.63, 3.8) is 0 Å². The lowest BCUT2D eigenvalue weighted by atomic mass is 10.1.